The minimum Gasteiger partial charge on any atom is -0.325 e. The lowest BCUT2D eigenvalue weighted by Gasteiger charge is -2.06. The van der Waals surface area contributed by atoms with Gasteiger partial charge in [-0.15, -0.1) is 0 Å². The second-order valence-electron chi connectivity index (χ2n) is 4.50. The standard InChI is InChI=1S/C14H18N4O/c1-11-4-3-5-12(8-11)16-14(19)10-15-9-13-6-7-18(2)17-13/h3-8,15H,9-10H2,1-2H3,(H,16,19). The third-order valence-electron chi connectivity index (χ3n) is 2.66. The first-order chi connectivity index (χ1) is 9.13. The Morgan fingerprint density at radius 2 is 2.21 bits per heavy atom. The second-order valence-corrected chi connectivity index (χ2v) is 4.50. The molecule has 0 saturated heterocycles. The Hall–Kier alpha value is -2.14. The van der Waals surface area contributed by atoms with E-state index < -0.39 is 0 Å². The van der Waals surface area contributed by atoms with E-state index in [2.05, 4.69) is 15.7 Å². The molecular weight excluding hydrogens is 240 g/mol. The van der Waals surface area contributed by atoms with Crippen molar-refractivity contribution in [3.05, 3.63) is 47.8 Å². The number of carbonyl (C=O) groups is 1. The van der Waals surface area contributed by atoms with Gasteiger partial charge in [0.1, 0.15) is 0 Å². The summed E-state index contributed by atoms with van der Waals surface area (Å²) in [5.74, 6) is -0.0541. The number of hydrogen-bond donors (Lipinski definition) is 2. The first kappa shape index (κ1) is 13.3. The highest BCUT2D eigenvalue weighted by molar-refractivity contribution is 5.92. The van der Waals surface area contributed by atoms with Crippen molar-refractivity contribution in [1.82, 2.24) is 15.1 Å². The Labute approximate surface area is 112 Å². The number of aryl methyl sites for hydroxylation is 2. The first-order valence-electron chi connectivity index (χ1n) is 6.19. The van der Waals surface area contributed by atoms with Gasteiger partial charge < -0.3 is 10.6 Å². The summed E-state index contributed by atoms with van der Waals surface area (Å²) >= 11 is 0. The van der Waals surface area contributed by atoms with Crippen LogP contribution in [-0.4, -0.2) is 22.2 Å². The monoisotopic (exact) mass is 258 g/mol. The average Bonchev–Trinajstić information content (AvgIpc) is 2.75. The SMILES string of the molecule is Cc1cccc(NC(=O)CNCc2ccn(C)n2)c1. The maximum Gasteiger partial charge on any atom is 0.238 e. The molecule has 0 radical (unpaired) electrons. The Morgan fingerprint density at radius 3 is 2.89 bits per heavy atom. The summed E-state index contributed by atoms with van der Waals surface area (Å²) in [5, 5.41) is 10.1. The van der Waals surface area contributed by atoms with Crippen molar-refractivity contribution in [2.75, 3.05) is 11.9 Å². The molecule has 1 amide bonds. The molecule has 1 aromatic heterocycles. The van der Waals surface area contributed by atoms with Gasteiger partial charge in [0.2, 0.25) is 5.91 Å². The number of hydrogen-bond acceptors (Lipinski definition) is 3. The van der Waals surface area contributed by atoms with E-state index >= 15 is 0 Å². The molecule has 0 atom stereocenters. The van der Waals surface area contributed by atoms with Crippen molar-refractivity contribution in [3.8, 4) is 0 Å². The molecule has 0 unspecified atom stereocenters. The molecule has 0 aliphatic carbocycles. The highest BCUT2D eigenvalue weighted by Crippen LogP contribution is 2.08. The number of rotatable bonds is 5. The van der Waals surface area contributed by atoms with Gasteiger partial charge in [0.05, 0.1) is 12.2 Å². The molecule has 0 aliphatic rings. The van der Waals surface area contributed by atoms with Crippen molar-refractivity contribution >= 4 is 11.6 Å². The molecule has 2 N–H and O–H groups in total. The molecule has 19 heavy (non-hydrogen) atoms. The molecule has 0 bridgehead atoms. The number of amides is 1. The number of nitrogens with one attached hydrogen (secondary N) is 2. The summed E-state index contributed by atoms with van der Waals surface area (Å²) in [4.78, 5) is 11.7. The molecule has 1 heterocycles. The van der Waals surface area contributed by atoms with E-state index in [-0.39, 0.29) is 12.5 Å². The van der Waals surface area contributed by atoms with Crippen LogP contribution in [0.4, 0.5) is 5.69 Å². The van der Waals surface area contributed by atoms with Crippen LogP contribution < -0.4 is 10.6 Å². The number of nitrogens with zero attached hydrogens (tertiary/aromatic N) is 2. The lowest BCUT2D eigenvalue weighted by molar-refractivity contribution is -0.115. The van der Waals surface area contributed by atoms with Gasteiger partial charge in [-0.25, -0.2) is 0 Å². The van der Waals surface area contributed by atoms with Crippen molar-refractivity contribution in [2.24, 2.45) is 7.05 Å². The van der Waals surface area contributed by atoms with E-state index in [1.807, 2.05) is 50.5 Å². The van der Waals surface area contributed by atoms with Crippen LogP contribution in [0.15, 0.2) is 36.5 Å². The van der Waals surface area contributed by atoms with Gasteiger partial charge in [0.25, 0.3) is 0 Å². The summed E-state index contributed by atoms with van der Waals surface area (Å²) in [6, 6.07) is 9.66. The van der Waals surface area contributed by atoms with E-state index in [0.29, 0.717) is 6.54 Å². The van der Waals surface area contributed by atoms with Gasteiger partial charge in [-0.1, -0.05) is 12.1 Å². The molecule has 0 fully saturated rings. The van der Waals surface area contributed by atoms with E-state index in [1.165, 1.54) is 0 Å². The zero-order chi connectivity index (χ0) is 13.7. The van der Waals surface area contributed by atoms with Crippen molar-refractivity contribution in [2.45, 2.75) is 13.5 Å². The molecule has 1 aromatic carbocycles. The smallest absolute Gasteiger partial charge is 0.238 e. The van der Waals surface area contributed by atoms with Gasteiger partial charge in [-0.2, -0.15) is 5.10 Å². The van der Waals surface area contributed by atoms with Crippen LogP contribution in [0.1, 0.15) is 11.3 Å². The fourth-order valence-corrected chi connectivity index (χ4v) is 1.79. The van der Waals surface area contributed by atoms with Crippen molar-refractivity contribution in [1.29, 1.82) is 0 Å². The second kappa shape index (κ2) is 6.15. The third-order valence-corrected chi connectivity index (χ3v) is 2.66. The molecule has 2 rings (SSSR count). The van der Waals surface area contributed by atoms with Crippen LogP contribution in [0.5, 0.6) is 0 Å². The number of carbonyl (C=O) groups excluding carboxylic acids is 1. The van der Waals surface area contributed by atoms with E-state index in [1.54, 1.807) is 4.68 Å². The zero-order valence-electron chi connectivity index (χ0n) is 11.2. The topological polar surface area (TPSA) is 59.0 Å². The summed E-state index contributed by atoms with van der Waals surface area (Å²) < 4.78 is 1.74. The highest BCUT2D eigenvalue weighted by atomic mass is 16.1. The number of anilines is 1. The molecule has 5 heteroatoms. The molecule has 5 nitrogen and oxygen atoms in total. The quantitative estimate of drug-likeness (QED) is 0.853. The maximum absolute atomic E-state index is 11.7. The molecule has 2 aromatic rings. The van der Waals surface area contributed by atoms with Gasteiger partial charge in [0.15, 0.2) is 0 Å². The average molecular weight is 258 g/mol. The number of benzene rings is 1. The van der Waals surface area contributed by atoms with Crippen LogP contribution in [0.25, 0.3) is 0 Å². The van der Waals surface area contributed by atoms with Crippen LogP contribution in [0, 0.1) is 6.92 Å². The summed E-state index contributed by atoms with van der Waals surface area (Å²) in [6.07, 6.45) is 1.88. The van der Waals surface area contributed by atoms with Crippen LogP contribution in [0.3, 0.4) is 0 Å². The van der Waals surface area contributed by atoms with Gasteiger partial charge in [0, 0.05) is 25.5 Å². The Bertz CT molecular complexity index is 562. The largest absolute Gasteiger partial charge is 0.325 e. The predicted molar refractivity (Wildman–Crippen MR) is 74.7 cm³/mol. The summed E-state index contributed by atoms with van der Waals surface area (Å²) in [7, 11) is 1.87. The van der Waals surface area contributed by atoms with Crippen molar-refractivity contribution in [3.63, 3.8) is 0 Å². The van der Waals surface area contributed by atoms with Crippen LogP contribution in [-0.2, 0) is 18.4 Å². The molecular formula is C14H18N4O. The Kier molecular flexibility index (Phi) is 4.30. The fraction of sp³-hybridized carbons (Fsp3) is 0.286. The maximum atomic E-state index is 11.7. The predicted octanol–water partition coefficient (Wildman–Crippen LogP) is 1.46. The van der Waals surface area contributed by atoms with Gasteiger partial charge in [-0.3, -0.25) is 9.48 Å². The lowest BCUT2D eigenvalue weighted by Crippen LogP contribution is -2.27. The van der Waals surface area contributed by atoms with E-state index in [0.717, 1.165) is 16.9 Å². The van der Waals surface area contributed by atoms with Crippen molar-refractivity contribution < 1.29 is 4.79 Å². The minimum absolute atomic E-state index is 0.0541. The Morgan fingerprint density at radius 1 is 1.37 bits per heavy atom. The van der Waals surface area contributed by atoms with E-state index in [4.69, 9.17) is 0 Å². The normalized spacial score (nSPS) is 10.4. The Balaban J connectivity index is 1.76. The highest BCUT2D eigenvalue weighted by Gasteiger charge is 2.03. The summed E-state index contributed by atoms with van der Waals surface area (Å²) in [5.41, 5.74) is 2.87. The van der Waals surface area contributed by atoms with E-state index in [9.17, 15) is 4.79 Å². The minimum atomic E-state index is -0.0541. The van der Waals surface area contributed by atoms with Gasteiger partial charge in [-0.05, 0) is 30.7 Å². The van der Waals surface area contributed by atoms with Crippen LogP contribution >= 0.6 is 0 Å². The fourth-order valence-electron chi connectivity index (χ4n) is 1.79. The number of aromatic nitrogens is 2. The molecule has 0 aliphatic heterocycles. The molecule has 0 saturated carbocycles. The van der Waals surface area contributed by atoms with Crippen LogP contribution in [0.2, 0.25) is 0 Å². The summed E-state index contributed by atoms with van der Waals surface area (Å²) in [6.45, 7) is 2.85. The lowest BCUT2D eigenvalue weighted by atomic mass is 10.2. The third kappa shape index (κ3) is 4.22. The molecule has 100 valence electrons. The zero-order valence-corrected chi connectivity index (χ0v) is 11.2. The molecule has 0 spiro atoms. The first-order valence-corrected chi connectivity index (χ1v) is 6.19. The van der Waals surface area contributed by atoms with Gasteiger partial charge >= 0.3 is 0 Å².